The molecule has 1 aliphatic rings. The second kappa shape index (κ2) is 3.91. The van der Waals surface area contributed by atoms with Crippen LogP contribution >= 0.6 is 0 Å². The molecule has 0 unspecified atom stereocenters. The highest BCUT2D eigenvalue weighted by Gasteiger charge is 2.08. The molecular weight excluding hydrogens is 158 g/mol. The van der Waals surface area contributed by atoms with Crippen molar-refractivity contribution >= 4 is 0 Å². The van der Waals surface area contributed by atoms with E-state index in [0.717, 1.165) is 0 Å². The molecule has 0 spiro atoms. The lowest BCUT2D eigenvalue weighted by Gasteiger charge is -2.14. The van der Waals surface area contributed by atoms with E-state index in [1.807, 2.05) is 6.20 Å². The lowest BCUT2D eigenvalue weighted by molar-refractivity contribution is 0.613. The molecule has 70 valence electrons. The molecule has 0 radical (unpaired) electrons. The van der Waals surface area contributed by atoms with Crippen molar-refractivity contribution in [1.82, 2.24) is 4.98 Å². The number of aryl methyl sites for hydroxylation is 2. The maximum Gasteiger partial charge on any atom is 0.0407 e. The van der Waals surface area contributed by atoms with Crippen LogP contribution in [0.4, 0.5) is 0 Å². The van der Waals surface area contributed by atoms with E-state index in [4.69, 9.17) is 0 Å². The molecule has 1 heterocycles. The first-order valence-electron chi connectivity index (χ1n) is 5.31. The highest BCUT2D eigenvalue weighted by atomic mass is 14.7. The Kier molecular flexibility index (Phi) is 2.62. The Morgan fingerprint density at radius 3 is 2.69 bits per heavy atom. The number of fused-ring (bicyclic) bond motifs is 1. The fourth-order valence-corrected chi connectivity index (χ4v) is 2.20. The van der Waals surface area contributed by atoms with E-state index in [9.17, 15) is 0 Å². The van der Waals surface area contributed by atoms with Crippen molar-refractivity contribution in [2.75, 3.05) is 0 Å². The van der Waals surface area contributed by atoms with E-state index in [1.165, 1.54) is 49.8 Å². The second-order valence-corrected chi connectivity index (χ2v) is 3.95. The van der Waals surface area contributed by atoms with Gasteiger partial charge in [-0.25, -0.2) is 0 Å². The van der Waals surface area contributed by atoms with Crippen LogP contribution < -0.4 is 0 Å². The van der Waals surface area contributed by atoms with E-state index in [2.05, 4.69) is 18.0 Å². The zero-order valence-corrected chi connectivity index (χ0v) is 8.34. The summed E-state index contributed by atoms with van der Waals surface area (Å²) in [6.07, 6.45) is 9.97. The van der Waals surface area contributed by atoms with E-state index in [0.29, 0.717) is 0 Å². The van der Waals surface area contributed by atoms with Crippen molar-refractivity contribution in [3.8, 4) is 0 Å². The zero-order chi connectivity index (χ0) is 9.10. The van der Waals surface area contributed by atoms with Crippen molar-refractivity contribution in [3.63, 3.8) is 0 Å². The third-order valence-corrected chi connectivity index (χ3v) is 2.99. The average Bonchev–Trinajstić information content (AvgIpc) is 2.07. The predicted molar refractivity (Wildman–Crippen MR) is 54.9 cm³/mol. The van der Waals surface area contributed by atoms with Gasteiger partial charge in [0.05, 0.1) is 0 Å². The van der Waals surface area contributed by atoms with Gasteiger partial charge in [-0.1, -0.05) is 12.8 Å². The summed E-state index contributed by atoms with van der Waals surface area (Å²) in [4.78, 5) is 4.36. The summed E-state index contributed by atoms with van der Waals surface area (Å²) in [6.45, 7) is 2.14. The van der Waals surface area contributed by atoms with Crippen LogP contribution in [-0.2, 0) is 12.8 Å². The minimum Gasteiger partial charge on any atom is -0.261 e. The largest absolute Gasteiger partial charge is 0.261 e. The minimum atomic E-state index is 1.25. The number of nitrogens with zero attached hydrogens (tertiary/aromatic N) is 1. The quantitative estimate of drug-likeness (QED) is 0.590. The number of pyridine rings is 1. The van der Waals surface area contributed by atoms with Gasteiger partial charge in [0, 0.05) is 11.9 Å². The van der Waals surface area contributed by atoms with Crippen LogP contribution in [0.25, 0.3) is 0 Å². The van der Waals surface area contributed by atoms with Crippen LogP contribution in [0, 0.1) is 6.92 Å². The van der Waals surface area contributed by atoms with E-state index < -0.39 is 0 Å². The van der Waals surface area contributed by atoms with Crippen LogP contribution in [0.1, 0.15) is 42.5 Å². The van der Waals surface area contributed by atoms with Crippen LogP contribution in [0.15, 0.2) is 12.3 Å². The van der Waals surface area contributed by atoms with Crippen molar-refractivity contribution in [3.05, 3.63) is 29.1 Å². The standard InChI is InChI=1S/C12H17N/c1-10-12-7-5-3-2-4-6-11(12)8-9-13-10/h8-9H,2-7H2,1H3. The number of hydrogen-bond donors (Lipinski definition) is 0. The molecule has 0 aromatic carbocycles. The predicted octanol–water partition coefficient (Wildman–Crippen LogP) is 3.05. The number of aromatic nitrogens is 1. The normalized spacial score (nSPS) is 17.3. The smallest absolute Gasteiger partial charge is 0.0407 e. The summed E-state index contributed by atoms with van der Waals surface area (Å²) >= 11 is 0. The van der Waals surface area contributed by atoms with E-state index >= 15 is 0 Å². The highest BCUT2D eigenvalue weighted by molar-refractivity contribution is 5.30. The van der Waals surface area contributed by atoms with Gasteiger partial charge in [-0.2, -0.15) is 0 Å². The number of rotatable bonds is 0. The molecule has 0 amide bonds. The van der Waals surface area contributed by atoms with Gasteiger partial charge in [-0.05, 0) is 49.8 Å². The summed E-state index contributed by atoms with van der Waals surface area (Å²) in [5.41, 5.74) is 4.33. The van der Waals surface area contributed by atoms with Gasteiger partial charge >= 0.3 is 0 Å². The fourth-order valence-electron chi connectivity index (χ4n) is 2.20. The molecule has 2 rings (SSSR count). The molecule has 0 fully saturated rings. The molecule has 1 aromatic heterocycles. The van der Waals surface area contributed by atoms with Gasteiger partial charge < -0.3 is 0 Å². The van der Waals surface area contributed by atoms with Crippen LogP contribution in [0.5, 0.6) is 0 Å². The molecule has 1 heteroatoms. The third-order valence-electron chi connectivity index (χ3n) is 2.99. The van der Waals surface area contributed by atoms with Crippen molar-refractivity contribution < 1.29 is 0 Å². The van der Waals surface area contributed by atoms with Gasteiger partial charge in [-0.3, -0.25) is 4.98 Å². The van der Waals surface area contributed by atoms with Gasteiger partial charge in [-0.15, -0.1) is 0 Å². The van der Waals surface area contributed by atoms with E-state index in [-0.39, 0.29) is 0 Å². The first kappa shape index (κ1) is 8.74. The summed E-state index contributed by atoms with van der Waals surface area (Å²) in [5.74, 6) is 0. The maximum atomic E-state index is 4.36. The Labute approximate surface area is 80.2 Å². The summed E-state index contributed by atoms with van der Waals surface area (Å²) in [6, 6.07) is 2.20. The van der Waals surface area contributed by atoms with Crippen molar-refractivity contribution in [2.24, 2.45) is 0 Å². The molecule has 13 heavy (non-hydrogen) atoms. The molecule has 1 aromatic rings. The molecule has 0 aliphatic heterocycles. The summed E-state index contributed by atoms with van der Waals surface area (Å²) in [5, 5.41) is 0. The van der Waals surface area contributed by atoms with Gasteiger partial charge in [0.25, 0.3) is 0 Å². The Bertz CT molecular complexity index is 291. The van der Waals surface area contributed by atoms with Crippen molar-refractivity contribution in [1.29, 1.82) is 0 Å². The Hall–Kier alpha value is -0.850. The molecule has 1 aliphatic carbocycles. The molecule has 0 N–H and O–H groups in total. The summed E-state index contributed by atoms with van der Waals surface area (Å²) in [7, 11) is 0. The Morgan fingerprint density at radius 2 is 1.85 bits per heavy atom. The van der Waals surface area contributed by atoms with Crippen molar-refractivity contribution in [2.45, 2.75) is 45.4 Å². The first-order valence-corrected chi connectivity index (χ1v) is 5.31. The van der Waals surface area contributed by atoms with Gasteiger partial charge in [0.1, 0.15) is 0 Å². The molecule has 0 saturated heterocycles. The Balaban J connectivity index is 2.33. The fraction of sp³-hybridized carbons (Fsp3) is 0.583. The SMILES string of the molecule is Cc1nccc2c1CCCCCC2. The number of hydrogen-bond acceptors (Lipinski definition) is 1. The third kappa shape index (κ3) is 1.90. The maximum absolute atomic E-state index is 4.36. The van der Waals surface area contributed by atoms with Crippen LogP contribution in [0.3, 0.4) is 0 Å². The molecule has 1 nitrogen and oxygen atoms in total. The molecular formula is C12H17N. The molecule has 0 bridgehead atoms. The monoisotopic (exact) mass is 175 g/mol. The highest BCUT2D eigenvalue weighted by Crippen LogP contribution is 2.21. The second-order valence-electron chi connectivity index (χ2n) is 3.95. The summed E-state index contributed by atoms with van der Waals surface area (Å²) < 4.78 is 0. The Morgan fingerprint density at radius 1 is 1.08 bits per heavy atom. The first-order chi connectivity index (χ1) is 6.38. The zero-order valence-electron chi connectivity index (χ0n) is 8.34. The van der Waals surface area contributed by atoms with Gasteiger partial charge in [0.2, 0.25) is 0 Å². The molecule has 0 atom stereocenters. The minimum absolute atomic E-state index is 1.25. The average molecular weight is 175 g/mol. The van der Waals surface area contributed by atoms with E-state index in [1.54, 1.807) is 5.56 Å². The molecule has 0 saturated carbocycles. The topological polar surface area (TPSA) is 12.9 Å². The van der Waals surface area contributed by atoms with Gasteiger partial charge in [0.15, 0.2) is 0 Å². The lowest BCUT2D eigenvalue weighted by Crippen LogP contribution is -2.03. The van der Waals surface area contributed by atoms with Crippen LogP contribution in [-0.4, -0.2) is 4.98 Å². The lowest BCUT2D eigenvalue weighted by atomic mass is 9.93. The van der Waals surface area contributed by atoms with Crippen LogP contribution in [0.2, 0.25) is 0 Å².